The Labute approximate surface area is 117 Å². The van der Waals surface area contributed by atoms with E-state index in [4.69, 9.17) is 5.73 Å². The van der Waals surface area contributed by atoms with Crippen LogP contribution in [0.1, 0.15) is 64.9 Å². The zero-order chi connectivity index (χ0) is 14.0. The molecular formula is C18H27N. The van der Waals surface area contributed by atoms with Crippen LogP contribution in [0.15, 0.2) is 35.4 Å². The van der Waals surface area contributed by atoms with Crippen molar-refractivity contribution in [2.75, 3.05) is 5.73 Å². The maximum atomic E-state index is 5.90. The van der Waals surface area contributed by atoms with Crippen LogP contribution in [0.5, 0.6) is 0 Å². The number of hydrogen-bond donors (Lipinski definition) is 1. The maximum Gasteiger partial charge on any atom is 0.0316 e. The summed E-state index contributed by atoms with van der Waals surface area (Å²) in [6.07, 6.45) is 5.11. The van der Waals surface area contributed by atoms with Crippen LogP contribution in [0.25, 0.3) is 0 Å². The molecule has 0 bridgehead atoms. The van der Waals surface area contributed by atoms with E-state index in [1.54, 1.807) is 11.1 Å². The van der Waals surface area contributed by atoms with Crippen molar-refractivity contribution < 1.29 is 0 Å². The maximum absolute atomic E-state index is 5.90. The number of nitrogens with two attached hydrogens (primary N) is 1. The number of nitrogen functional groups attached to an aromatic ring is 1. The molecule has 1 aliphatic carbocycles. The van der Waals surface area contributed by atoms with Crippen LogP contribution in [0.4, 0.5) is 5.69 Å². The minimum absolute atomic E-state index is 0.372. The fourth-order valence-electron chi connectivity index (χ4n) is 3.42. The number of benzene rings is 1. The molecule has 104 valence electrons. The van der Waals surface area contributed by atoms with E-state index in [9.17, 15) is 0 Å². The second-order valence-corrected chi connectivity index (χ2v) is 6.77. The minimum Gasteiger partial charge on any atom is -0.399 e. The third kappa shape index (κ3) is 3.20. The van der Waals surface area contributed by atoms with Crippen LogP contribution in [0, 0.1) is 5.41 Å². The van der Waals surface area contributed by atoms with Gasteiger partial charge in [0.15, 0.2) is 0 Å². The molecule has 0 fully saturated rings. The van der Waals surface area contributed by atoms with Gasteiger partial charge >= 0.3 is 0 Å². The number of hydrogen-bond acceptors (Lipinski definition) is 1. The zero-order valence-electron chi connectivity index (χ0n) is 12.8. The van der Waals surface area contributed by atoms with Crippen LogP contribution in [-0.4, -0.2) is 0 Å². The largest absolute Gasteiger partial charge is 0.399 e. The highest BCUT2D eigenvalue weighted by atomic mass is 14.5. The van der Waals surface area contributed by atoms with Gasteiger partial charge in [-0.2, -0.15) is 0 Å². The van der Waals surface area contributed by atoms with Crippen LogP contribution < -0.4 is 5.73 Å². The molecular weight excluding hydrogens is 230 g/mol. The average molecular weight is 257 g/mol. The number of rotatable bonds is 3. The quantitative estimate of drug-likeness (QED) is 0.578. The van der Waals surface area contributed by atoms with E-state index >= 15 is 0 Å². The molecule has 1 unspecified atom stereocenters. The van der Waals surface area contributed by atoms with E-state index in [1.165, 1.54) is 31.2 Å². The molecule has 0 spiro atoms. The van der Waals surface area contributed by atoms with Crippen molar-refractivity contribution in [3.8, 4) is 0 Å². The van der Waals surface area contributed by atoms with E-state index in [0.29, 0.717) is 11.3 Å². The summed E-state index contributed by atoms with van der Waals surface area (Å²) in [4.78, 5) is 0. The molecule has 0 aromatic heterocycles. The first kappa shape index (κ1) is 14.2. The molecule has 2 N–H and O–H groups in total. The molecule has 1 aromatic rings. The summed E-state index contributed by atoms with van der Waals surface area (Å²) >= 11 is 0. The molecule has 1 aliphatic rings. The van der Waals surface area contributed by atoms with Gasteiger partial charge in [0.25, 0.3) is 0 Å². The van der Waals surface area contributed by atoms with Gasteiger partial charge < -0.3 is 5.73 Å². The highest BCUT2D eigenvalue weighted by Gasteiger charge is 2.29. The standard InChI is InChI=1S/C18H27N/c1-13-7-6-10-18(3,4)17(13)11-14(2)15-8-5-9-16(19)12-15/h5,8-9,12,14H,6-7,10-11,19H2,1-4H3. The van der Waals surface area contributed by atoms with E-state index in [1.807, 2.05) is 6.07 Å². The lowest BCUT2D eigenvalue weighted by Gasteiger charge is -2.36. The molecule has 1 heteroatoms. The van der Waals surface area contributed by atoms with Crippen molar-refractivity contribution in [2.24, 2.45) is 5.41 Å². The summed E-state index contributed by atoms with van der Waals surface area (Å²) in [5, 5.41) is 0. The van der Waals surface area contributed by atoms with Gasteiger partial charge in [0.2, 0.25) is 0 Å². The molecule has 19 heavy (non-hydrogen) atoms. The summed E-state index contributed by atoms with van der Waals surface area (Å²) in [6, 6.07) is 8.35. The monoisotopic (exact) mass is 257 g/mol. The fraction of sp³-hybridized carbons (Fsp3) is 0.556. The van der Waals surface area contributed by atoms with E-state index in [-0.39, 0.29) is 0 Å². The van der Waals surface area contributed by atoms with Crippen molar-refractivity contribution in [1.29, 1.82) is 0 Å². The van der Waals surface area contributed by atoms with Gasteiger partial charge in [-0.15, -0.1) is 0 Å². The lowest BCUT2D eigenvalue weighted by atomic mass is 9.69. The molecule has 0 saturated heterocycles. The van der Waals surface area contributed by atoms with Crippen molar-refractivity contribution in [3.63, 3.8) is 0 Å². The first-order valence-corrected chi connectivity index (χ1v) is 7.44. The summed E-state index contributed by atoms with van der Waals surface area (Å²) in [5.41, 5.74) is 11.8. The van der Waals surface area contributed by atoms with Crippen LogP contribution in [-0.2, 0) is 0 Å². The fourth-order valence-corrected chi connectivity index (χ4v) is 3.42. The van der Waals surface area contributed by atoms with Gasteiger partial charge in [-0.25, -0.2) is 0 Å². The Bertz CT molecular complexity index is 482. The molecule has 0 heterocycles. The Kier molecular flexibility index (Phi) is 4.03. The summed E-state index contributed by atoms with van der Waals surface area (Å²) < 4.78 is 0. The third-order valence-electron chi connectivity index (χ3n) is 4.68. The van der Waals surface area contributed by atoms with Gasteiger partial charge in [0, 0.05) is 5.69 Å². The molecule has 2 rings (SSSR count). The van der Waals surface area contributed by atoms with E-state index in [0.717, 1.165) is 5.69 Å². The molecule has 1 aromatic carbocycles. The van der Waals surface area contributed by atoms with Gasteiger partial charge in [-0.1, -0.05) is 44.1 Å². The first-order valence-electron chi connectivity index (χ1n) is 7.44. The van der Waals surface area contributed by atoms with Crippen LogP contribution >= 0.6 is 0 Å². The predicted molar refractivity (Wildman–Crippen MR) is 84.2 cm³/mol. The second kappa shape index (κ2) is 5.40. The van der Waals surface area contributed by atoms with Crippen molar-refractivity contribution in [3.05, 3.63) is 41.0 Å². The Morgan fingerprint density at radius 1 is 1.32 bits per heavy atom. The lowest BCUT2D eigenvalue weighted by Crippen LogP contribution is -2.21. The first-order chi connectivity index (χ1) is 8.90. The lowest BCUT2D eigenvalue weighted by molar-refractivity contribution is 0.349. The van der Waals surface area contributed by atoms with Crippen molar-refractivity contribution >= 4 is 5.69 Å². The Morgan fingerprint density at radius 3 is 2.68 bits per heavy atom. The van der Waals surface area contributed by atoms with E-state index < -0.39 is 0 Å². The minimum atomic E-state index is 0.372. The van der Waals surface area contributed by atoms with Crippen molar-refractivity contribution in [2.45, 2.75) is 59.3 Å². The van der Waals surface area contributed by atoms with Crippen LogP contribution in [0.2, 0.25) is 0 Å². The average Bonchev–Trinajstić information content (AvgIpc) is 2.33. The van der Waals surface area contributed by atoms with Crippen LogP contribution in [0.3, 0.4) is 0 Å². The molecule has 1 nitrogen and oxygen atoms in total. The van der Waals surface area contributed by atoms with Gasteiger partial charge in [0.05, 0.1) is 0 Å². The second-order valence-electron chi connectivity index (χ2n) is 6.77. The Hall–Kier alpha value is -1.24. The molecule has 0 radical (unpaired) electrons. The normalized spacial score (nSPS) is 20.4. The third-order valence-corrected chi connectivity index (χ3v) is 4.68. The summed E-state index contributed by atoms with van der Waals surface area (Å²) in [5.74, 6) is 0.547. The topological polar surface area (TPSA) is 26.0 Å². The summed E-state index contributed by atoms with van der Waals surface area (Å²) in [7, 11) is 0. The smallest absolute Gasteiger partial charge is 0.0316 e. The zero-order valence-corrected chi connectivity index (χ0v) is 12.8. The predicted octanol–water partition coefficient (Wildman–Crippen LogP) is 5.29. The Morgan fingerprint density at radius 2 is 2.05 bits per heavy atom. The molecule has 0 saturated carbocycles. The molecule has 0 aliphatic heterocycles. The SMILES string of the molecule is CC1=C(CC(C)c2cccc(N)c2)C(C)(C)CCC1. The number of anilines is 1. The highest BCUT2D eigenvalue weighted by Crippen LogP contribution is 2.44. The van der Waals surface area contributed by atoms with Gasteiger partial charge in [-0.05, 0) is 61.6 Å². The molecule has 1 atom stereocenters. The number of allylic oxidation sites excluding steroid dienone is 2. The van der Waals surface area contributed by atoms with Crippen molar-refractivity contribution in [1.82, 2.24) is 0 Å². The van der Waals surface area contributed by atoms with Gasteiger partial charge in [0.1, 0.15) is 0 Å². The summed E-state index contributed by atoms with van der Waals surface area (Å²) in [6.45, 7) is 9.44. The van der Waals surface area contributed by atoms with E-state index in [2.05, 4.69) is 45.9 Å². The van der Waals surface area contributed by atoms with Gasteiger partial charge in [-0.3, -0.25) is 0 Å². The Balaban J connectivity index is 2.20. The molecule has 0 amide bonds. The highest BCUT2D eigenvalue weighted by molar-refractivity contribution is 5.42.